The van der Waals surface area contributed by atoms with E-state index in [0.29, 0.717) is 37.6 Å². The Morgan fingerprint density at radius 3 is 2.58 bits per heavy atom. The zero-order valence-electron chi connectivity index (χ0n) is 14.5. The molecule has 1 aliphatic rings. The fraction of sp³-hybridized carbons (Fsp3) is 0.588. The predicted molar refractivity (Wildman–Crippen MR) is 94.6 cm³/mol. The topological polar surface area (TPSA) is 67.2 Å². The number of aryl methyl sites for hydroxylation is 2. The van der Waals surface area contributed by atoms with Gasteiger partial charge in [-0.15, -0.1) is 0 Å². The SMILES string of the molecule is CCCNC(=O)C1CCN(C(=O)/C=C/c2c(C)nn(C)c2Cl)CC1. The van der Waals surface area contributed by atoms with Gasteiger partial charge in [-0.1, -0.05) is 18.5 Å². The van der Waals surface area contributed by atoms with Crippen molar-refractivity contribution in [3.8, 4) is 0 Å². The molecular formula is C17H25ClN4O2. The summed E-state index contributed by atoms with van der Waals surface area (Å²) in [5.41, 5.74) is 1.55. The molecule has 132 valence electrons. The van der Waals surface area contributed by atoms with Gasteiger partial charge in [0.1, 0.15) is 5.15 Å². The maximum atomic E-state index is 12.3. The van der Waals surface area contributed by atoms with E-state index in [9.17, 15) is 9.59 Å². The van der Waals surface area contributed by atoms with Crippen molar-refractivity contribution in [3.63, 3.8) is 0 Å². The molecule has 0 radical (unpaired) electrons. The minimum atomic E-state index is -0.0539. The molecule has 0 aromatic carbocycles. The Kier molecular flexibility index (Phi) is 6.43. The molecular weight excluding hydrogens is 328 g/mol. The minimum absolute atomic E-state index is 0.0135. The molecule has 1 N–H and O–H groups in total. The molecule has 1 aromatic heterocycles. The minimum Gasteiger partial charge on any atom is -0.356 e. The van der Waals surface area contributed by atoms with Gasteiger partial charge in [-0.05, 0) is 32.3 Å². The monoisotopic (exact) mass is 352 g/mol. The number of hydrogen-bond acceptors (Lipinski definition) is 3. The second kappa shape index (κ2) is 8.33. The average molecular weight is 353 g/mol. The van der Waals surface area contributed by atoms with Gasteiger partial charge in [0.15, 0.2) is 0 Å². The summed E-state index contributed by atoms with van der Waals surface area (Å²) in [7, 11) is 1.77. The Bertz CT molecular complexity index is 631. The van der Waals surface area contributed by atoms with Crippen LogP contribution in [0.4, 0.5) is 0 Å². The number of rotatable bonds is 5. The molecule has 1 fully saturated rings. The molecule has 0 bridgehead atoms. The van der Waals surface area contributed by atoms with E-state index in [1.165, 1.54) is 6.08 Å². The van der Waals surface area contributed by atoms with E-state index in [1.807, 2.05) is 13.8 Å². The lowest BCUT2D eigenvalue weighted by Gasteiger charge is -2.30. The van der Waals surface area contributed by atoms with E-state index >= 15 is 0 Å². The van der Waals surface area contributed by atoms with Crippen LogP contribution in [0.3, 0.4) is 0 Å². The van der Waals surface area contributed by atoms with Gasteiger partial charge < -0.3 is 10.2 Å². The van der Waals surface area contributed by atoms with E-state index in [1.54, 1.807) is 22.7 Å². The summed E-state index contributed by atoms with van der Waals surface area (Å²) in [6, 6.07) is 0. The number of nitrogens with one attached hydrogen (secondary N) is 1. The van der Waals surface area contributed by atoms with Crippen LogP contribution in [-0.2, 0) is 16.6 Å². The van der Waals surface area contributed by atoms with E-state index in [-0.39, 0.29) is 17.7 Å². The molecule has 0 spiro atoms. The van der Waals surface area contributed by atoms with E-state index in [0.717, 1.165) is 17.7 Å². The number of carbonyl (C=O) groups excluding carboxylic acids is 2. The number of carbonyl (C=O) groups is 2. The molecule has 1 aromatic rings. The molecule has 0 unspecified atom stereocenters. The van der Waals surface area contributed by atoms with Gasteiger partial charge in [-0.25, -0.2) is 0 Å². The van der Waals surface area contributed by atoms with Gasteiger partial charge in [0, 0.05) is 44.2 Å². The van der Waals surface area contributed by atoms with Gasteiger partial charge in [0.05, 0.1) is 5.69 Å². The maximum Gasteiger partial charge on any atom is 0.246 e. The molecule has 2 rings (SSSR count). The van der Waals surface area contributed by atoms with Crippen LogP contribution in [0.2, 0.25) is 5.15 Å². The molecule has 0 atom stereocenters. The highest BCUT2D eigenvalue weighted by atomic mass is 35.5. The van der Waals surface area contributed by atoms with Crippen molar-refractivity contribution in [1.82, 2.24) is 20.0 Å². The van der Waals surface area contributed by atoms with E-state index < -0.39 is 0 Å². The van der Waals surface area contributed by atoms with Gasteiger partial charge in [0.2, 0.25) is 11.8 Å². The molecule has 6 nitrogen and oxygen atoms in total. The second-order valence-corrected chi connectivity index (χ2v) is 6.50. The van der Waals surface area contributed by atoms with Gasteiger partial charge in [-0.3, -0.25) is 14.3 Å². The molecule has 24 heavy (non-hydrogen) atoms. The summed E-state index contributed by atoms with van der Waals surface area (Å²) < 4.78 is 1.58. The predicted octanol–water partition coefficient (Wildman–Crippen LogP) is 2.16. The number of hydrogen-bond donors (Lipinski definition) is 1. The van der Waals surface area contributed by atoms with Crippen molar-refractivity contribution in [3.05, 3.63) is 22.5 Å². The molecule has 2 amide bonds. The number of amides is 2. The first-order valence-electron chi connectivity index (χ1n) is 8.37. The van der Waals surface area contributed by atoms with Gasteiger partial charge >= 0.3 is 0 Å². The molecule has 1 aliphatic heterocycles. The molecule has 0 saturated carbocycles. The summed E-state index contributed by atoms with van der Waals surface area (Å²) in [6.07, 6.45) is 5.61. The third-order valence-electron chi connectivity index (χ3n) is 4.32. The summed E-state index contributed by atoms with van der Waals surface area (Å²) in [4.78, 5) is 26.1. The molecule has 1 saturated heterocycles. The lowest BCUT2D eigenvalue weighted by molar-refractivity contribution is -0.132. The summed E-state index contributed by atoms with van der Waals surface area (Å²) in [5.74, 6) is 0.0681. The van der Waals surface area contributed by atoms with Gasteiger partial charge in [0.25, 0.3) is 0 Å². The Morgan fingerprint density at radius 1 is 1.38 bits per heavy atom. The normalized spacial score (nSPS) is 15.9. The number of nitrogens with zero attached hydrogens (tertiary/aromatic N) is 3. The smallest absolute Gasteiger partial charge is 0.246 e. The van der Waals surface area contributed by atoms with Crippen LogP contribution in [0.5, 0.6) is 0 Å². The van der Waals surface area contributed by atoms with Crippen LogP contribution in [0.1, 0.15) is 37.4 Å². The van der Waals surface area contributed by atoms with Crippen molar-refractivity contribution < 1.29 is 9.59 Å². The molecule has 2 heterocycles. The van der Waals surface area contributed by atoms with Crippen molar-refractivity contribution in [2.24, 2.45) is 13.0 Å². The van der Waals surface area contributed by atoms with E-state index in [2.05, 4.69) is 10.4 Å². The van der Waals surface area contributed by atoms with Crippen molar-refractivity contribution in [2.45, 2.75) is 33.1 Å². The highest BCUT2D eigenvalue weighted by Crippen LogP contribution is 2.21. The number of likely N-dealkylation sites (tertiary alicyclic amines) is 1. The highest BCUT2D eigenvalue weighted by molar-refractivity contribution is 6.31. The zero-order chi connectivity index (χ0) is 17.7. The molecule has 7 heteroatoms. The van der Waals surface area contributed by atoms with Crippen LogP contribution >= 0.6 is 11.6 Å². The molecule has 0 aliphatic carbocycles. The van der Waals surface area contributed by atoms with Gasteiger partial charge in [-0.2, -0.15) is 5.10 Å². The first kappa shape index (κ1) is 18.5. The first-order chi connectivity index (χ1) is 11.4. The van der Waals surface area contributed by atoms with Crippen LogP contribution < -0.4 is 5.32 Å². The highest BCUT2D eigenvalue weighted by Gasteiger charge is 2.26. The first-order valence-corrected chi connectivity index (χ1v) is 8.75. The van der Waals surface area contributed by atoms with Crippen LogP contribution in [0, 0.1) is 12.8 Å². The zero-order valence-corrected chi connectivity index (χ0v) is 15.3. The standard InChI is InChI=1S/C17H25ClN4O2/c1-4-9-19-17(24)13-7-10-22(11-8-13)15(23)6-5-14-12(2)20-21(3)16(14)18/h5-6,13H,4,7-11H2,1-3H3,(H,19,24)/b6-5+. The summed E-state index contributed by atoms with van der Waals surface area (Å²) in [6.45, 7) is 5.81. The van der Waals surface area contributed by atoms with Crippen LogP contribution in [0.15, 0.2) is 6.08 Å². The average Bonchev–Trinajstić information content (AvgIpc) is 2.83. The Morgan fingerprint density at radius 2 is 2.04 bits per heavy atom. The fourth-order valence-electron chi connectivity index (χ4n) is 2.85. The van der Waals surface area contributed by atoms with Crippen LogP contribution in [0.25, 0.3) is 6.08 Å². The van der Waals surface area contributed by atoms with Crippen molar-refractivity contribution in [2.75, 3.05) is 19.6 Å². The van der Waals surface area contributed by atoms with Crippen molar-refractivity contribution >= 4 is 29.5 Å². The summed E-state index contributed by atoms with van der Waals surface area (Å²) in [5, 5.41) is 7.66. The van der Waals surface area contributed by atoms with E-state index in [4.69, 9.17) is 11.6 Å². The third kappa shape index (κ3) is 4.38. The lowest BCUT2D eigenvalue weighted by Crippen LogP contribution is -2.42. The Labute approximate surface area is 147 Å². The van der Waals surface area contributed by atoms with Crippen LogP contribution in [-0.4, -0.2) is 46.1 Å². The van der Waals surface area contributed by atoms with Crippen molar-refractivity contribution in [1.29, 1.82) is 0 Å². The maximum absolute atomic E-state index is 12.3. The Balaban J connectivity index is 1.89. The quantitative estimate of drug-likeness (QED) is 0.826. The Hall–Kier alpha value is -1.82. The lowest BCUT2D eigenvalue weighted by atomic mass is 9.96. The number of piperidine rings is 1. The summed E-state index contributed by atoms with van der Waals surface area (Å²) >= 11 is 6.16. The fourth-order valence-corrected chi connectivity index (χ4v) is 3.09. The largest absolute Gasteiger partial charge is 0.356 e. The second-order valence-electron chi connectivity index (χ2n) is 6.14. The third-order valence-corrected chi connectivity index (χ3v) is 4.76. The number of aromatic nitrogens is 2. The number of halogens is 1.